The van der Waals surface area contributed by atoms with Crippen LogP contribution in [0.3, 0.4) is 0 Å². The van der Waals surface area contributed by atoms with E-state index in [-0.39, 0.29) is 0 Å². The first-order chi connectivity index (χ1) is 9.61. The molecule has 0 saturated carbocycles. The van der Waals surface area contributed by atoms with Gasteiger partial charge in [0, 0.05) is 16.6 Å². The molecule has 0 bridgehead atoms. The Balaban J connectivity index is 2.20. The van der Waals surface area contributed by atoms with Crippen LogP contribution in [0.1, 0.15) is 23.6 Å². The maximum atomic E-state index is 6.36. The van der Waals surface area contributed by atoms with Crippen LogP contribution >= 0.6 is 34.8 Å². The Morgan fingerprint density at radius 3 is 2.45 bits per heavy atom. The minimum absolute atomic E-state index is 0.412. The SMILES string of the molecule is CNC1CCc2c(-c3c(Cl)cc(Cl)cc3Cl)cccc21. The minimum Gasteiger partial charge on any atom is -0.313 e. The average molecular weight is 327 g/mol. The zero-order chi connectivity index (χ0) is 14.3. The van der Waals surface area contributed by atoms with Gasteiger partial charge in [0.1, 0.15) is 0 Å². The van der Waals surface area contributed by atoms with Gasteiger partial charge in [0.2, 0.25) is 0 Å². The Morgan fingerprint density at radius 1 is 1.10 bits per heavy atom. The topological polar surface area (TPSA) is 12.0 Å². The molecule has 1 aliphatic rings. The van der Waals surface area contributed by atoms with Gasteiger partial charge >= 0.3 is 0 Å². The van der Waals surface area contributed by atoms with E-state index in [0.717, 1.165) is 24.0 Å². The highest BCUT2D eigenvalue weighted by molar-refractivity contribution is 6.41. The number of nitrogens with one attached hydrogen (secondary N) is 1. The molecule has 1 nitrogen and oxygen atoms in total. The number of benzene rings is 2. The van der Waals surface area contributed by atoms with Crippen molar-refractivity contribution in [2.45, 2.75) is 18.9 Å². The van der Waals surface area contributed by atoms with Crippen LogP contribution in [-0.2, 0) is 6.42 Å². The second kappa shape index (κ2) is 5.57. The molecular formula is C16H14Cl3N. The number of rotatable bonds is 2. The van der Waals surface area contributed by atoms with Crippen molar-refractivity contribution in [1.82, 2.24) is 5.32 Å². The Hall–Kier alpha value is -0.730. The molecule has 1 atom stereocenters. The molecule has 1 aliphatic carbocycles. The molecule has 0 radical (unpaired) electrons. The van der Waals surface area contributed by atoms with Crippen molar-refractivity contribution in [2.24, 2.45) is 0 Å². The summed E-state index contributed by atoms with van der Waals surface area (Å²) in [6.45, 7) is 0. The monoisotopic (exact) mass is 325 g/mol. The smallest absolute Gasteiger partial charge is 0.0514 e. The molecular weight excluding hydrogens is 313 g/mol. The van der Waals surface area contributed by atoms with Crippen molar-refractivity contribution in [1.29, 1.82) is 0 Å². The van der Waals surface area contributed by atoms with Crippen LogP contribution in [0.15, 0.2) is 30.3 Å². The highest BCUT2D eigenvalue weighted by atomic mass is 35.5. The summed E-state index contributed by atoms with van der Waals surface area (Å²) in [5, 5.41) is 5.11. The van der Waals surface area contributed by atoms with E-state index >= 15 is 0 Å². The van der Waals surface area contributed by atoms with E-state index in [0.29, 0.717) is 21.1 Å². The summed E-state index contributed by atoms with van der Waals surface area (Å²) in [5.41, 5.74) is 4.67. The summed E-state index contributed by atoms with van der Waals surface area (Å²) in [4.78, 5) is 0. The normalized spacial score (nSPS) is 17.3. The number of fused-ring (bicyclic) bond motifs is 1. The molecule has 0 heterocycles. The maximum absolute atomic E-state index is 6.36. The minimum atomic E-state index is 0.412. The largest absolute Gasteiger partial charge is 0.313 e. The van der Waals surface area contributed by atoms with Gasteiger partial charge in [-0.05, 0) is 48.7 Å². The lowest BCUT2D eigenvalue weighted by molar-refractivity contribution is 0.590. The number of halogens is 3. The van der Waals surface area contributed by atoms with Gasteiger partial charge in [-0.1, -0.05) is 53.0 Å². The first-order valence-corrected chi connectivity index (χ1v) is 7.69. The van der Waals surface area contributed by atoms with Gasteiger partial charge in [0.05, 0.1) is 10.0 Å². The van der Waals surface area contributed by atoms with Crippen molar-refractivity contribution < 1.29 is 0 Å². The predicted octanol–water partition coefficient (Wildman–Crippen LogP) is 5.52. The fraction of sp³-hybridized carbons (Fsp3) is 0.250. The van der Waals surface area contributed by atoms with Crippen LogP contribution in [-0.4, -0.2) is 7.05 Å². The maximum Gasteiger partial charge on any atom is 0.0514 e. The third-order valence-corrected chi connectivity index (χ3v) is 4.71. The Morgan fingerprint density at radius 2 is 1.80 bits per heavy atom. The molecule has 4 heteroatoms. The van der Waals surface area contributed by atoms with Crippen LogP contribution in [0.25, 0.3) is 11.1 Å². The van der Waals surface area contributed by atoms with Gasteiger partial charge in [0.15, 0.2) is 0 Å². The van der Waals surface area contributed by atoms with Crippen LogP contribution in [0.2, 0.25) is 15.1 Å². The van der Waals surface area contributed by atoms with Gasteiger partial charge in [-0.3, -0.25) is 0 Å². The first kappa shape index (κ1) is 14.2. The molecule has 20 heavy (non-hydrogen) atoms. The van der Waals surface area contributed by atoms with Crippen molar-refractivity contribution in [3.63, 3.8) is 0 Å². The molecule has 0 aliphatic heterocycles. The first-order valence-electron chi connectivity index (χ1n) is 6.55. The van der Waals surface area contributed by atoms with Crippen molar-refractivity contribution in [3.05, 3.63) is 56.5 Å². The summed E-state index contributed by atoms with van der Waals surface area (Å²) in [6.07, 6.45) is 2.14. The standard InChI is InChI=1S/C16H14Cl3N/c1-20-15-6-5-10-11(15)3-2-4-12(10)16-13(18)7-9(17)8-14(16)19/h2-4,7-8,15,20H,5-6H2,1H3. The molecule has 1 unspecified atom stereocenters. The molecule has 0 saturated heterocycles. The van der Waals surface area contributed by atoms with Crippen LogP contribution in [0, 0.1) is 0 Å². The fourth-order valence-electron chi connectivity index (χ4n) is 2.99. The molecule has 2 aromatic rings. The lowest BCUT2D eigenvalue weighted by Crippen LogP contribution is -2.12. The summed E-state index contributed by atoms with van der Waals surface area (Å²) in [6, 6.07) is 10.2. The molecule has 0 aromatic heterocycles. The fourth-order valence-corrected chi connectivity index (χ4v) is 4.01. The second-order valence-corrected chi connectivity index (χ2v) is 6.25. The van der Waals surface area contributed by atoms with Crippen LogP contribution in [0.5, 0.6) is 0 Å². The zero-order valence-electron chi connectivity index (χ0n) is 11.0. The quantitative estimate of drug-likeness (QED) is 0.766. The van der Waals surface area contributed by atoms with E-state index in [2.05, 4.69) is 23.5 Å². The van der Waals surface area contributed by atoms with E-state index in [1.807, 2.05) is 7.05 Å². The van der Waals surface area contributed by atoms with E-state index in [9.17, 15) is 0 Å². The third kappa shape index (κ3) is 2.33. The summed E-state index contributed by atoms with van der Waals surface area (Å²) in [7, 11) is 1.99. The zero-order valence-corrected chi connectivity index (χ0v) is 13.3. The predicted molar refractivity (Wildman–Crippen MR) is 87.0 cm³/mol. The molecule has 0 fully saturated rings. The van der Waals surface area contributed by atoms with Gasteiger partial charge in [-0.15, -0.1) is 0 Å². The lowest BCUT2D eigenvalue weighted by Gasteiger charge is -2.14. The van der Waals surface area contributed by atoms with Gasteiger partial charge in [-0.25, -0.2) is 0 Å². The van der Waals surface area contributed by atoms with Gasteiger partial charge in [0.25, 0.3) is 0 Å². The van der Waals surface area contributed by atoms with Crippen molar-refractivity contribution >= 4 is 34.8 Å². The van der Waals surface area contributed by atoms with E-state index in [4.69, 9.17) is 34.8 Å². The van der Waals surface area contributed by atoms with Gasteiger partial charge < -0.3 is 5.32 Å². The molecule has 104 valence electrons. The average Bonchev–Trinajstić information content (AvgIpc) is 2.81. The molecule has 0 spiro atoms. The highest BCUT2D eigenvalue weighted by Crippen LogP contribution is 2.43. The van der Waals surface area contributed by atoms with Crippen LogP contribution < -0.4 is 5.32 Å². The lowest BCUT2D eigenvalue weighted by atomic mass is 9.96. The number of hydrogen-bond donors (Lipinski definition) is 1. The molecule has 0 amide bonds. The molecule has 2 aromatic carbocycles. The molecule has 1 N–H and O–H groups in total. The van der Waals surface area contributed by atoms with Crippen molar-refractivity contribution in [2.75, 3.05) is 7.05 Å². The van der Waals surface area contributed by atoms with E-state index < -0.39 is 0 Å². The van der Waals surface area contributed by atoms with Gasteiger partial charge in [-0.2, -0.15) is 0 Å². The summed E-state index contributed by atoms with van der Waals surface area (Å²) >= 11 is 18.7. The number of hydrogen-bond acceptors (Lipinski definition) is 1. The van der Waals surface area contributed by atoms with Crippen LogP contribution in [0.4, 0.5) is 0 Å². The van der Waals surface area contributed by atoms with Crippen molar-refractivity contribution in [3.8, 4) is 11.1 Å². The highest BCUT2D eigenvalue weighted by Gasteiger charge is 2.25. The van der Waals surface area contributed by atoms with E-state index in [1.54, 1.807) is 12.1 Å². The molecule has 3 rings (SSSR count). The second-order valence-electron chi connectivity index (χ2n) is 5.00. The summed E-state index contributed by atoms with van der Waals surface area (Å²) in [5.74, 6) is 0. The Kier molecular flexibility index (Phi) is 3.96. The third-order valence-electron chi connectivity index (χ3n) is 3.90. The Bertz CT molecular complexity index is 644. The van der Waals surface area contributed by atoms with E-state index in [1.165, 1.54) is 11.1 Å². The Labute approximate surface area is 133 Å². The summed E-state index contributed by atoms with van der Waals surface area (Å²) < 4.78 is 0.